The third-order valence-electron chi connectivity index (χ3n) is 4.81. The number of aryl methyl sites for hydroxylation is 1. The second kappa shape index (κ2) is 8.69. The predicted molar refractivity (Wildman–Crippen MR) is 132 cm³/mol. The van der Waals surface area contributed by atoms with Gasteiger partial charge in [0.25, 0.3) is 0 Å². The lowest BCUT2D eigenvalue weighted by Gasteiger charge is -2.14. The molecule has 1 aromatic carbocycles. The topological polar surface area (TPSA) is 59.8 Å². The number of halogens is 1. The lowest BCUT2D eigenvalue weighted by molar-refractivity contribution is -0.114. The number of fused-ring (bicyclic) bond motifs is 3. The third-order valence-corrected chi connectivity index (χ3v) is 6.50. The number of hydrogen-bond donors (Lipinski definition) is 1. The van der Waals surface area contributed by atoms with Gasteiger partial charge in [-0.25, -0.2) is 9.67 Å². The van der Waals surface area contributed by atoms with Crippen molar-refractivity contribution in [1.29, 1.82) is 0 Å². The Kier molecular flexibility index (Phi) is 6.01. The molecule has 0 spiro atoms. The first-order valence-electron chi connectivity index (χ1n) is 9.63. The van der Waals surface area contributed by atoms with E-state index in [-0.39, 0.29) is 5.91 Å². The fourth-order valence-electron chi connectivity index (χ4n) is 3.54. The van der Waals surface area contributed by atoms with E-state index in [0.717, 1.165) is 49.6 Å². The van der Waals surface area contributed by atoms with Crippen molar-refractivity contribution in [2.45, 2.75) is 26.7 Å². The van der Waals surface area contributed by atoms with Crippen molar-refractivity contribution in [2.75, 3.05) is 5.32 Å². The van der Waals surface area contributed by atoms with E-state index < -0.39 is 0 Å². The monoisotopic (exact) mass is 528 g/mol. The minimum Gasteiger partial charge on any atom is -0.302 e. The summed E-state index contributed by atoms with van der Waals surface area (Å²) in [6, 6.07) is 8.28. The van der Waals surface area contributed by atoms with E-state index >= 15 is 0 Å². The Morgan fingerprint density at radius 3 is 2.90 bits per heavy atom. The number of nitrogens with one attached hydrogen (secondary N) is 1. The van der Waals surface area contributed by atoms with E-state index in [1.54, 1.807) is 0 Å². The van der Waals surface area contributed by atoms with Gasteiger partial charge in [0.1, 0.15) is 0 Å². The summed E-state index contributed by atoms with van der Waals surface area (Å²) in [5, 5.41) is 8.49. The van der Waals surface area contributed by atoms with Crippen molar-refractivity contribution in [2.24, 2.45) is 0 Å². The summed E-state index contributed by atoms with van der Waals surface area (Å²) >= 11 is 3.82. The number of allylic oxidation sites excluding steroid dienone is 5. The van der Waals surface area contributed by atoms with E-state index in [2.05, 4.69) is 57.7 Å². The summed E-state index contributed by atoms with van der Waals surface area (Å²) in [4.78, 5) is 17.3. The van der Waals surface area contributed by atoms with Gasteiger partial charge < -0.3 is 5.32 Å². The molecule has 0 atom stereocenters. The van der Waals surface area contributed by atoms with Crippen LogP contribution in [0.1, 0.15) is 30.8 Å². The standard InChI is InChI=1S/C23H21IN4OS/c1-4-6-8-15(5-2)20-18-11-12-19-22(30-23(26-19)25-14(3)29)21(18)28(27-20)17-10-7-9-16(24)13-17/h4-10,13H,2,11-12H2,1,3H3,(H,25,26,29)/b6-4-,15-8+. The number of carbonyl (C=O) groups excluding carboxylic acids is 1. The van der Waals surface area contributed by atoms with Crippen LogP contribution in [0, 0.1) is 3.57 Å². The fourth-order valence-corrected chi connectivity index (χ4v) is 5.19. The molecule has 30 heavy (non-hydrogen) atoms. The van der Waals surface area contributed by atoms with Gasteiger partial charge in [0.2, 0.25) is 5.91 Å². The summed E-state index contributed by atoms with van der Waals surface area (Å²) in [7, 11) is 0. The van der Waals surface area contributed by atoms with Crippen LogP contribution in [0.2, 0.25) is 0 Å². The van der Waals surface area contributed by atoms with Crippen LogP contribution in [0.15, 0.2) is 55.1 Å². The molecule has 3 aromatic rings. The molecule has 152 valence electrons. The number of anilines is 1. The zero-order chi connectivity index (χ0) is 21.3. The molecule has 0 bridgehead atoms. The number of carbonyl (C=O) groups is 1. The van der Waals surface area contributed by atoms with Crippen molar-refractivity contribution < 1.29 is 4.79 Å². The van der Waals surface area contributed by atoms with Crippen LogP contribution in [-0.4, -0.2) is 20.7 Å². The first-order chi connectivity index (χ1) is 14.5. The molecule has 5 nitrogen and oxygen atoms in total. The van der Waals surface area contributed by atoms with Crippen molar-refractivity contribution >= 4 is 50.5 Å². The van der Waals surface area contributed by atoms with Crippen LogP contribution in [0.5, 0.6) is 0 Å². The lowest BCUT2D eigenvalue weighted by atomic mass is 9.94. The molecule has 4 rings (SSSR count). The first-order valence-corrected chi connectivity index (χ1v) is 11.5. The van der Waals surface area contributed by atoms with Crippen LogP contribution in [-0.2, 0) is 17.6 Å². The Balaban J connectivity index is 1.96. The Morgan fingerprint density at radius 2 is 2.20 bits per heavy atom. The van der Waals surface area contributed by atoms with Gasteiger partial charge in [-0.1, -0.05) is 48.3 Å². The summed E-state index contributed by atoms with van der Waals surface area (Å²) in [5.41, 5.74) is 6.18. The molecule has 0 radical (unpaired) electrons. The number of amides is 1. The summed E-state index contributed by atoms with van der Waals surface area (Å²) in [6.07, 6.45) is 9.55. The highest BCUT2D eigenvalue weighted by molar-refractivity contribution is 14.1. The van der Waals surface area contributed by atoms with Crippen molar-refractivity contribution in [1.82, 2.24) is 14.8 Å². The molecule has 1 amide bonds. The summed E-state index contributed by atoms with van der Waals surface area (Å²) < 4.78 is 3.15. The Bertz CT molecular complexity index is 1200. The molecular weight excluding hydrogens is 507 g/mol. The van der Waals surface area contributed by atoms with Crippen molar-refractivity contribution in [3.05, 3.63) is 75.7 Å². The van der Waals surface area contributed by atoms with Crippen LogP contribution in [0.3, 0.4) is 0 Å². The molecule has 0 fully saturated rings. The van der Waals surface area contributed by atoms with Gasteiger partial charge in [-0.05, 0) is 60.6 Å². The van der Waals surface area contributed by atoms with Crippen LogP contribution in [0.4, 0.5) is 5.13 Å². The molecule has 2 heterocycles. The molecule has 1 aliphatic carbocycles. The van der Waals surface area contributed by atoms with E-state index in [0.29, 0.717) is 5.13 Å². The van der Waals surface area contributed by atoms with Gasteiger partial charge >= 0.3 is 0 Å². The first kappa shape index (κ1) is 20.7. The number of aromatic nitrogens is 3. The van der Waals surface area contributed by atoms with Crippen molar-refractivity contribution in [3.63, 3.8) is 0 Å². The average Bonchev–Trinajstić information content (AvgIpc) is 3.29. The third kappa shape index (κ3) is 3.91. The van der Waals surface area contributed by atoms with Crippen LogP contribution >= 0.6 is 33.9 Å². The smallest absolute Gasteiger partial charge is 0.223 e. The minimum atomic E-state index is -0.114. The molecule has 1 aliphatic rings. The molecule has 0 saturated carbocycles. The Morgan fingerprint density at radius 1 is 1.37 bits per heavy atom. The SMILES string of the molecule is C=C/C(=C\C=C/C)c1nn(-c2cccc(I)c2)c2c1CCc1nc(NC(C)=O)sc1-2. The van der Waals surface area contributed by atoms with Gasteiger partial charge in [0, 0.05) is 21.6 Å². The number of nitrogens with zero attached hydrogens (tertiary/aromatic N) is 3. The summed E-state index contributed by atoms with van der Waals surface area (Å²) in [5.74, 6) is -0.114. The van der Waals surface area contributed by atoms with Crippen LogP contribution in [0.25, 0.3) is 21.8 Å². The molecule has 2 aromatic heterocycles. The summed E-state index contributed by atoms with van der Waals surface area (Å²) in [6.45, 7) is 7.50. The molecule has 1 N–H and O–H groups in total. The zero-order valence-corrected chi connectivity index (χ0v) is 19.8. The Hall–Kier alpha value is -2.52. The lowest BCUT2D eigenvalue weighted by Crippen LogP contribution is -2.07. The van der Waals surface area contributed by atoms with E-state index in [1.165, 1.54) is 23.8 Å². The number of rotatable bonds is 5. The highest BCUT2D eigenvalue weighted by Gasteiger charge is 2.30. The van der Waals surface area contributed by atoms with Gasteiger partial charge in [-0.15, -0.1) is 0 Å². The van der Waals surface area contributed by atoms with Crippen molar-refractivity contribution in [3.8, 4) is 16.3 Å². The van der Waals surface area contributed by atoms with Gasteiger partial charge in [0.15, 0.2) is 5.13 Å². The highest BCUT2D eigenvalue weighted by Crippen LogP contribution is 2.43. The second-order valence-electron chi connectivity index (χ2n) is 6.90. The van der Waals surface area contributed by atoms with Gasteiger partial charge in [0.05, 0.1) is 27.6 Å². The minimum absolute atomic E-state index is 0.114. The second-order valence-corrected chi connectivity index (χ2v) is 9.14. The van der Waals surface area contributed by atoms with E-state index in [4.69, 9.17) is 5.10 Å². The fraction of sp³-hybridized carbons (Fsp3) is 0.174. The zero-order valence-electron chi connectivity index (χ0n) is 16.8. The van der Waals surface area contributed by atoms with Gasteiger partial charge in [-0.3, -0.25) is 4.79 Å². The predicted octanol–water partition coefficient (Wildman–Crippen LogP) is 5.80. The largest absolute Gasteiger partial charge is 0.302 e. The van der Waals surface area contributed by atoms with Crippen LogP contribution < -0.4 is 5.32 Å². The van der Waals surface area contributed by atoms with E-state index in [1.807, 2.05) is 42.0 Å². The molecule has 0 saturated heterocycles. The number of thiazole rings is 1. The number of benzene rings is 1. The Labute approximate surface area is 193 Å². The average molecular weight is 528 g/mol. The maximum absolute atomic E-state index is 11.5. The molecule has 7 heteroatoms. The molecule has 0 unspecified atom stereocenters. The molecular formula is C23H21IN4OS. The van der Waals surface area contributed by atoms with Gasteiger partial charge in [-0.2, -0.15) is 5.10 Å². The normalized spacial score (nSPS) is 13.2. The van der Waals surface area contributed by atoms with E-state index in [9.17, 15) is 4.79 Å². The maximum atomic E-state index is 11.5. The maximum Gasteiger partial charge on any atom is 0.223 e. The number of hydrogen-bond acceptors (Lipinski definition) is 4. The highest BCUT2D eigenvalue weighted by atomic mass is 127. The molecule has 0 aliphatic heterocycles. The quantitative estimate of drug-likeness (QED) is 0.336.